The SMILES string of the molecule is CSCCC(C(=O)Nc1cnc([C@H](O)CO)cn1)N1Cc2c(cccc2C(F)(F)F)C1=O. The monoisotopic (exact) mass is 470 g/mol. The number of hydrogen-bond donors (Lipinski definition) is 3. The highest BCUT2D eigenvalue weighted by Gasteiger charge is 2.42. The van der Waals surface area contributed by atoms with Gasteiger partial charge in [-0.2, -0.15) is 24.9 Å². The van der Waals surface area contributed by atoms with E-state index in [4.69, 9.17) is 5.11 Å². The molecule has 12 heteroatoms. The average Bonchev–Trinajstić information content (AvgIpc) is 3.09. The van der Waals surface area contributed by atoms with Gasteiger partial charge in [0.05, 0.1) is 30.3 Å². The minimum Gasteiger partial charge on any atom is -0.393 e. The van der Waals surface area contributed by atoms with Crippen LogP contribution < -0.4 is 5.32 Å². The minimum atomic E-state index is -4.62. The Hall–Kier alpha value is -2.70. The number of halogens is 3. The first-order chi connectivity index (χ1) is 15.2. The van der Waals surface area contributed by atoms with Gasteiger partial charge in [-0.05, 0) is 36.1 Å². The number of rotatable bonds is 8. The number of amides is 2. The van der Waals surface area contributed by atoms with Crippen LogP contribution in [0.2, 0.25) is 0 Å². The summed E-state index contributed by atoms with van der Waals surface area (Å²) in [5.41, 5.74) is -0.994. The Morgan fingerprint density at radius 1 is 1.31 bits per heavy atom. The maximum absolute atomic E-state index is 13.4. The lowest BCUT2D eigenvalue weighted by Crippen LogP contribution is -2.44. The number of nitrogens with one attached hydrogen (secondary N) is 1. The average molecular weight is 470 g/mol. The summed E-state index contributed by atoms with van der Waals surface area (Å²) in [4.78, 5) is 34.9. The van der Waals surface area contributed by atoms with E-state index < -0.39 is 42.3 Å². The van der Waals surface area contributed by atoms with E-state index >= 15 is 0 Å². The normalized spacial score (nSPS) is 15.4. The Morgan fingerprint density at radius 2 is 2.06 bits per heavy atom. The van der Waals surface area contributed by atoms with Crippen LogP contribution in [-0.4, -0.2) is 61.6 Å². The zero-order valence-electron chi connectivity index (χ0n) is 17.0. The quantitative estimate of drug-likeness (QED) is 0.542. The van der Waals surface area contributed by atoms with Gasteiger partial charge in [-0.3, -0.25) is 14.6 Å². The molecule has 32 heavy (non-hydrogen) atoms. The number of aliphatic hydroxyl groups excluding tert-OH is 2. The summed E-state index contributed by atoms with van der Waals surface area (Å²) in [6, 6.07) is 2.41. The topological polar surface area (TPSA) is 116 Å². The van der Waals surface area contributed by atoms with Gasteiger partial charge in [-0.25, -0.2) is 4.98 Å². The van der Waals surface area contributed by atoms with Crippen LogP contribution in [0.25, 0.3) is 0 Å². The van der Waals surface area contributed by atoms with E-state index in [0.717, 1.165) is 11.0 Å². The predicted octanol–water partition coefficient (Wildman–Crippen LogP) is 2.24. The van der Waals surface area contributed by atoms with Crippen LogP contribution in [0.15, 0.2) is 30.6 Å². The highest BCUT2D eigenvalue weighted by Crippen LogP contribution is 2.38. The molecule has 1 aliphatic rings. The second kappa shape index (κ2) is 9.84. The predicted molar refractivity (Wildman–Crippen MR) is 111 cm³/mol. The maximum atomic E-state index is 13.4. The number of anilines is 1. The van der Waals surface area contributed by atoms with Crippen LogP contribution in [0.5, 0.6) is 0 Å². The van der Waals surface area contributed by atoms with Crippen LogP contribution in [-0.2, 0) is 17.5 Å². The van der Waals surface area contributed by atoms with Gasteiger partial charge in [0.25, 0.3) is 5.91 Å². The molecule has 0 saturated heterocycles. The molecule has 0 saturated carbocycles. The Labute approximate surface area is 185 Å². The van der Waals surface area contributed by atoms with Crippen molar-refractivity contribution < 1.29 is 33.0 Å². The zero-order valence-corrected chi connectivity index (χ0v) is 17.8. The summed E-state index contributed by atoms with van der Waals surface area (Å²) in [5.74, 6) is -0.714. The van der Waals surface area contributed by atoms with Crippen LogP contribution in [0.4, 0.5) is 19.0 Å². The van der Waals surface area contributed by atoms with Crippen molar-refractivity contribution in [1.82, 2.24) is 14.9 Å². The zero-order chi connectivity index (χ0) is 23.5. The number of carbonyl (C=O) groups is 2. The molecule has 2 amide bonds. The third-order valence-electron chi connectivity index (χ3n) is 5.01. The number of fused-ring (bicyclic) bond motifs is 1. The van der Waals surface area contributed by atoms with Crippen molar-refractivity contribution in [3.05, 3.63) is 53.0 Å². The smallest absolute Gasteiger partial charge is 0.393 e. The van der Waals surface area contributed by atoms with Gasteiger partial charge in [0.2, 0.25) is 5.91 Å². The second-order valence-electron chi connectivity index (χ2n) is 7.07. The number of carbonyl (C=O) groups excluding carboxylic acids is 2. The molecule has 8 nitrogen and oxygen atoms in total. The number of nitrogens with zero attached hydrogens (tertiary/aromatic N) is 3. The Balaban J connectivity index is 1.83. The fourth-order valence-electron chi connectivity index (χ4n) is 3.41. The molecular weight excluding hydrogens is 449 g/mol. The molecule has 172 valence electrons. The number of aromatic nitrogens is 2. The van der Waals surface area contributed by atoms with E-state index in [2.05, 4.69) is 15.3 Å². The largest absolute Gasteiger partial charge is 0.416 e. The van der Waals surface area contributed by atoms with E-state index in [1.54, 1.807) is 0 Å². The van der Waals surface area contributed by atoms with Crippen molar-refractivity contribution in [3.63, 3.8) is 0 Å². The number of hydrogen-bond acceptors (Lipinski definition) is 7. The second-order valence-corrected chi connectivity index (χ2v) is 8.06. The first-order valence-electron chi connectivity index (χ1n) is 9.58. The van der Waals surface area contributed by atoms with Crippen LogP contribution in [0, 0.1) is 0 Å². The molecule has 1 unspecified atom stereocenters. The van der Waals surface area contributed by atoms with E-state index in [0.29, 0.717) is 5.75 Å². The standard InChI is InChI=1S/C20H21F3N4O4S/c1-32-6-5-15(18(30)26-17-8-24-14(7-25-17)16(29)10-28)27-9-12-11(19(27)31)3-2-4-13(12)20(21,22)23/h2-4,7-8,15-16,28-29H,5-6,9-10H2,1H3,(H,25,26,30)/t15?,16-/m1/s1. The summed E-state index contributed by atoms with van der Waals surface area (Å²) < 4.78 is 40.2. The molecule has 1 aliphatic heterocycles. The van der Waals surface area contributed by atoms with Crippen LogP contribution in [0.1, 0.15) is 39.7 Å². The van der Waals surface area contributed by atoms with E-state index in [9.17, 15) is 27.9 Å². The summed E-state index contributed by atoms with van der Waals surface area (Å²) in [7, 11) is 0. The van der Waals surface area contributed by atoms with E-state index in [1.807, 2.05) is 6.26 Å². The Bertz CT molecular complexity index is 988. The van der Waals surface area contributed by atoms with Crippen LogP contribution >= 0.6 is 11.8 Å². The van der Waals surface area contributed by atoms with Gasteiger partial charge in [0.1, 0.15) is 12.1 Å². The lowest BCUT2D eigenvalue weighted by atomic mass is 10.0. The molecule has 0 bridgehead atoms. The summed E-state index contributed by atoms with van der Waals surface area (Å²) >= 11 is 1.44. The van der Waals surface area contributed by atoms with Gasteiger partial charge in [-0.1, -0.05) is 6.07 Å². The molecular formula is C20H21F3N4O4S. The summed E-state index contributed by atoms with van der Waals surface area (Å²) in [5, 5.41) is 21.0. The van der Waals surface area contributed by atoms with Crippen molar-refractivity contribution in [2.75, 3.05) is 23.9 Å². The maximum Gasteiger partial charge on any atom is 0.416 e. The number of aliphatic hydroxyl groups is 2. The molecule has 0 spiro atoms. The summed E-state index contributed by atoms with van der Waals surface area (Å²) in [6.07, 6.45) is -1.43. The van der Waals surface area contributed by atoms with E-state index in [1.165, 1.54) is 36.3 Å². The Morgan fingerprint density at radius 3 is 2.66 bits per heavy atom. The highest BCUT2D eigenvalue weighted by atomic mass is 32.2. The molecule has 2 heterocycles. The van der Waals surface area contributed by atoms with Gasteiger partial charge < -0.3 is 20.4 Å². The molecule has 1 aromatic heterocycles. The lowest BCUT2D eigenvalue weighted by molar-refractivity contribution is -0.138. The third kappa shape index (κ3) is 5.03. The van der Waals surface area contributed by atoms with E-state index in [-0.39, 0.29) is 35.6 Å². The molecule has 0 radical (unpaired) electrons. The molecule has 2 aromatic rings. The van der Waals surface area contributed by atoms with Crippen LogP contribution in [0.3, 0.4) is 0 Å². The van der Waals surface area contributed by atoms with Gasteiger partial charge in [0.15, 0.2) is 5.82 Å². The molecule has 3 rings (SSSR count). The molecule has 1 aromatic carbocycles. The van der Waals surface area contributed by atoms with Crippen molar-refractivity contribution in [2.24, 2.45) is 0 Å². The van der Waals surface area contributed by atoms with Crippen molar-refractivity contribution >= 4 is 29.4 Å². The Kier molecular flexibility index (Phi) is 7.36. The highest BCUT2D eigenvalue weighted by molar-refractivity contribution is 7.98. The molecule has 0 aliphatic carbocycles. The van der Waals surface area contributed by atoms with Crippen molar-refractivity contribution in [2.45, 2.75) is 31.3 Å². The number of benzene rings is 1. The molecule has 0 fully saturated rings. The number of alkyl halides is 3. The number of thioether (sulfide) groups is 1. The lowest BCUT2D eigenvalue weighted by Gasteiger charge is -2.26. The van der Waals surface area contributed by atoms with Crippen molar-refractivity contribution in [1.29, 1.82) is 0 Å². The molecule has 2 atom stereocenters. The van der Waals surface area contributed by atoms with Gasteiger partial charge in [-0.15, -0.1) is 0 Å². The van der Waals surface area contributed by atoms with Crippen molar-refractivity contribution in [3.8, 4) is 0 Å². The van der Waals surface area contributed by atoms with Gasteiger partial charge >= 0.3 is 6.18 Å². The van der Waals surface area contributed by atoms with Gasteiger partial charge in [0, 0.05) is 12.1 Å². The first kappa shape index (κ1) is 24.0. The summed E-state index contributed by atoms with van der Waals surface area (Å²) in [6.45, 7) is -0.877. The fraction of sp³-hybridized carbons (Fsp3) is 0.400. The third-order valence-corrected chi connectivity index (χ3v) is 5.66. The first-order valence-corrected chi connectivity index (χ1v) is 11.0. The molecule has 3 N–H and O–H groups in total. The minimum absolute atomic E-state index is 0.0400. The fourth-order valence-corrected chi connectivity index (χ4v) is 3.87.